The van der Waals surface area contributed by atoms with Gasteiger partial charge >= 0.3 is 0 Å². The lowest BCUT2D eigenvalue weighted by Crippen LogP contribution is -1.97. The van der Waals surface area contributed by atoms with Crippen LogP contribution in [0.4, 0.5) is 0 Å². The van der Waals surface area contributed by atoms with Crippen molar-refractivity contribution in [3.05, 3.63) is 0 Å². The Morgan fingerprint density at radius 3 is 1.71 bits per heavy atom. The lowest BCUT2D eigenvalue weighted by Gasteiger charge is -2.10. The molecular weight excluding hydrogens is 204 g/mol. The smallest absolute Gasteiger partial charge is 0.0380 e. The maximum Gasteiger partial charge on any atom is -0.0380 e. The fraction of sp³-hybridized carbons (Fsp3) is 1.00. The van der Waals surface area contributed by atoms with Crippen molar-refractivity contribution < 1.29 is 0 Å². The number of hydrogen-bond donors (Lipinski definition) is 0. The van der Waals surface area contributed by atoms with Crippen LogP contribution in [-0.2, 0) is 0 Å². The third-order valence-corrected chi connectivity index (χ3v) is 5.05. The van der Waals surface area contributed by atoms with Gasteiger partial charge in [-0.15, -0.1) is 0 Å². The maximum atomic E-state index is 2.49. The van der Waals surface area contributed by atoms with Gasteiger partial charge in [-0.1, -0.05) is 77.6 Å². The summed E-state index contributed by atoms with van der Waals surface area (Å²) < 4.78 is 0. The number of fused-ring (bicyclic) bond motifs is 1. The van der Waals surface area contributed by atoms with Gasteiger partial charge in [0.15, 0.2) is 0 Å². The minimum absolute atomic E-state index is 1.01. The van der Waals surface area contributed by atoms with Crippen LogP contribution in [0.1, 0.15) is 90.4 Å². The predicted molar refractivity (Wildman–Crippen MR) is 76.2 cm³/mol. The number of rotatable bonds is 0. The summed E-state index contributed by atoms with van der Waals surface area (Å²) in [4.78, 5) is 0. The topological polar surface area (TPSA) is 0 Å². The molecule has 0 aliphatic heterocycles. The highest BCUT2D eigenvalue weighted by atomic mass is 14.4. The molecule has 2 fully saturated rings. The average Bonchev–Trinajstić information content (AvgIpc) is 3.03. The first-order chi connectivity index (χ1) is 8.36. The Morgan fingerprint density at radius 1 is 0.529 bits per heavy atom. The maximum absolute atomic E-state index is 2.49. The Kier molecular flexibility index (Phi) is 5.88. The molecular formula is C17H32. The van der Waals surface area contributed by atoms with E-state index in [9.17, 15) is 0 Å². The lowest BCUT2D eigenvalue weighted by molar-refractivity contribution is 0.419. The highest BCUT2D eigenvalue weighted by Gasteiger charge is 2.36. The molecule has 0 aromatic carbocycles. The Morgan fingerprint density at radius 2 is 1.06 bits per heavy atom. The van der Waals surface area contributed by atoms with Crippen LogP contribution in [0.2, 0.25) is 0 Å². The molecule has 100 valence electrons. The van der Waals surface area contributed by atoms with Crippen LogP contribution in [0, 0.1) is 17.8 Å². The molecule has 0 bridgehead atoms. The molecule has 0 radical (unpaired) electrons. The molecule has 0 aromatic rings. The summed E-state index contributed by atoms with van der Waals surface area (Å²) in [6.07, 6.45) is 19.7. The van der Waals surface area contributed by atoms with Crippen LogP contribution < -0.4 is 0 Å². The van der Waals surface area contributed by atoms with Crippen LogP contribution in [0.5, 0.6) is 0 Å². The highest BCUT2D eigenvalue weighted by Crippen LogP contribution is 2.47. The van der Waals surface area contributed by atoms with E-state index >= 15 is 0 Å². The second-order valence-electron chi connectivity index (χ2n) is 6.86. The summed E-state index contributed by atoms with van der Waals surface area (Å²) in [5.41, 5.74) is 0. The van der Waals surface area contributed by atoms with Crippen LogP contribution in [-0.4, -0.2) is 0 Å². The normalized spacial score (nSPS) is 37.6. The molecule has 17 heavy (non-hydrogen) atoms. The number of hydrogen-bond acceptors (Lipinski definition) is 0. The quantitative estimate of drug-likeness (QED) is 0.487. The molecule has 0 aromatic heterocycles. The molecule has 0 amide bonds. The van der Waals surface area contributed by atoms with Crippen molar-refractivity contribution in [3.63, 3.8) is 0 Å². The Balaban J connectivity index is 1.67. The van der Waals surface area contributed by atoms with E-state index in [4.69, 9.17) is 0 Å². The highest BCUT2D eigenvalue weighted by molar-refractivity contribution is 4.87. The zero-order chi connectivity index (χ0) is 11.9. The molecule has 0 heteroatoms. The van der Waals surface area contributed by atoms with Gasteiger partial charge in [0.2, 0.25) is 0 Å². The summed E-state index contributed by atoms with van der Waals surface area (Å²) in [7, 11) is 0. The van der Waals surface area contributed by atoms with Crippen molar-refractivity contribution in [3.8, 4) is 0 Å². The fourth-order valence-corrected chi connectivity index (χ4v) is 3.72. The van der Waals surface area contributed by atoms with E-state index in [1.54, 1.807) is 19.3 Å². The first kappa shape index (κ1) is 13.4. The molecule has 0 saturated heterocycles. The summed E-state index contributed by atoms with van der Waals surface area (Å²) in [5, 5.41) is 0. The second-order valence-corrected chi connectivity index (χ2v) is 6.86. The predicted octanol–water partition coefficient (Wildman–Crippen LogP) is 5.95. The summed E-state index contributed by atoms with van der Waals surface area (Å²) in [6.45, 7) is 2.49. The molecule has 2 aliphatic carbocycles. The van der Waals surface area contributed by atoms with Crippen molar-refractivity contribution >= 4 is 0 Å². The molecule has 2 aliphatic rings. The average molecular weight is 236 g/mol. The SMILES string of the molecule is CC1CCCCCCCCCCCC2CC2C1. The van der Waals surface area contributed by atoms with E-state index in [0.717, 1.165) is 17.8 Å². The largest absolute Gasteiger partial charge is 0.0625 e. The zero-order valence-electron chi connectivity index (χ0n) is 11.9. The zero-order valence-corrected chi connectivity index (χ0v) is 11.9. The minimum atomic E-state index is 1.01. The first-order valence-electron chi connectivity index (χ1n) is 8.36. The van der Waals surface area contributed by atoms with Crippen LogP contribution in [0.3, 0.4) is 0 Å². The molecule has 2 rings (SSSR count). The fourth-order valence-electron chi connectivity index (χ4n) is 3.72. The van der Waals surface area contributed by atoms with Gasteiger partial charge in [-0.2, -0.15) is 0 Å². The Hall–Kier alpha value is 0. The van der Waals surface area contributed by atoms with Crippen molar-refractivity contribution in [1.82, 2.24) is 0 Å². The minimum Gasteiger partial charge on any atom is -0.0625 e. The molecule has 2 saturated carbocycles. The van der Waals surface area contributed by atoms with E-state index in [0.29, 0.717) is 0 Å². The summed E-state index contributed by atoms with van der Waals surface area (Å²) in [5.74, 6) is 3.29. The third-order valence-electron chi connectivity index (χ3n) is 5.05. The third kappa shape index (κ3) is 5.44. The van der Waals surface area contributed by atoms with Crippen LogP contribution in [0.15, 0.2) is 0 Å². The first-order valence-corrected chi connectivity index (χ1v) is 8.36. The molecule has 0 heterocycles. The van der Waals surface area contributed by atoms with Gasteiger partial charge in [-0.05, 0) is 30.6 Å². The van der Waals surface area contributed by atoms with Gasteiger partial charge in [-0.25, -0.2) is 0 Å². The van der Waals surface area contributed by atoms with E-state index < -0.39 is 0 Å². The molecule has 3 atom stereocenters. The van der Waals surface area contributed by atoms with Crippen molar-refractivity contribution in [1.29, 1.82) is 0 Å². The molecule has 0 spiro atoms. The van der Waals surface area contributed by atoms with Crippen molar-refractivity contribution in [2.45, 2.75) is 90.4 Å². The summed E-state index contributed by atoms with van der Waals surface area (Å²) in [6, 6.07) is 0. The van der Waals surface area contributed by atoms with E-state index in [1.165, 1.54) is 64.2 Å². The molecule has 0 nitrogen and oxygen atoms in total. The van der Waals surface area contributed by atoms with Crippen molar-refractivity contribution in [2.24, 2.45) is 17.8 Å². The van der Waals surface area contributed by atoms with E-state index in [-0.39, 0.29) is 0 Å². The van der Waals surface area contributed by atoms with Crippen LogP contribution >= 0.6 is 0 Å². The Labute approximate surface area is 109 Å². The van der Waals surface area contributed by atoms with Crippen LogP contribution in [0.25, 0.3) is 0 Å². The van der Waals surface area contributed by atoms with E-state index in [1.807, 2.05) is 0 Å². The van der Waals surface area contributed by atoms with Gasteiger partial charge in [0.1, 0.15) is 0 Å². The van der Waals surface area contributed by atoms with Crippen molar-refractivity contribution in [2.75, 3.05) is 0 Å². The monoisotopic (exact) mass is 236 g/mol. The van der Waals surface area contributed by atoms with Gasteiger partial charge in [-0.3, -0.25) is 0 Å². The van der Waals surface area contributed by atoms with E-state index in [2.05, 4.69) is 6.92 Å². The standard InChI is InChI=1S/C17H32/c1-15-11-9-7-5-3-2-4-6-8-10-12-16-14-17(16)13-15/h15-17H,2-14H2,1H3. The van der Waals surface area contributed by atoms with Gasteiger partial charge < -0.3 is 0 Å². The van der Waals surface area contributed by atoms with Gasteiger partial charge in [0, 0.05) is 0 Å². The lowest BCUT2D eigenvalue weighted by atomic mass is 9.96. The summed E-state index contributed by atoms with van der Waals surface area (Å²) >= 11 is 0. The molecule has 3 unspecified atom stereocenters. The van der Waals surface area contributed by atoms with Gasteiger partial charge in [0.25, 0.3) is 0 Å². The molecule has 0 N–H and O–H groups in total. The van der Waals surface area contributed by atoms with Gasteiger partial charge in [0.05, 0.1) is 0 Å². The second kappa shape index (κ2) is 7.44. The Bertz CT molecular complexity index is 196.